The number of nitrogens with zero attached hydrogens (tertiary/aromatic N) is 1. The summed E-state index contributed by atoms with van der Waals surface area (Å²) in [5.41, 5.74) is 0.425. The van der Waals surface area contributed by atoms with Crippen LogP contribution >= 0.6 is 25.3 Å². The third-order valence-electron chi connectivity index (χ3n) is 8.23. The second-order valence-electron chi connectivity index (χ2n) is 11.6. The van der Waals surface area contributed by atoms with Gasteiger partial charge in [0, 0.05) is 22.4 Å². The van der Waals surface area contributed by atoms with Gasteiger partial charge < -0.3 is 5.32 Å². The Hall–Kier alpha value is 0.620. The summed E-state index contributed by atoms with van der Waals surface area (Å²) in [5, 5.41) is 4.20. The Morgan fingerprint density at radius 3 is 2.00 bits per heavy atom. The SMILES string of the molecule is CC1CC(C)C2(C(C)CC(S)N(C)C(C)CC2(C)C)C(C)(S)CC(C)(C)N1. The van der Waals surface area contributed by atoms with E-state index < -0.39 is 0 Å². The molecule has 0 bridgehead atoms. The maximum Gasteiger partial charge on any atom is 0.0530 e. The van der Waals surface area contributed by atoms with Gasteiger partial charge in [0.05, 0.1) is 5.37 Å². The number of hydrogen-bond donors (Lipinski definition) is 3. The zero-order valence-electron chi connectivity index (χ0n) is 19.6. The van der Waals surface area contributed by atoms with Gasteiger partial charge in [-0.3, -0.25) is 4.90 Å². The molecule has 27 heavy (non-hydrogen) atoms. The van der Waals surface area contributed by atoms with E-state index in [1.54, 1.807) is 0 Å². The number of rotatable bonds is 0. The molecule has 160 valence electrons. The van der Waals surface area contributed by atoms with E-state index in [0.717, 1.165) is 12.8 Å². The van der Waals surface area contributed by atoms with E-state index in [2.05, 4.69) is 79.6 Å². The van der Waals surface area contributed by atoms with Gasteiger partial charge >= 0.3 is 0 Å². The first-order chi connectivity index (χ1) is 12.1. The molecule has 2 rings (SSSR count). The van der Waals surface area contributed by atoms with E-state index >= 15 is 0 Å². The standard InChI is InChI=1S/C23H46N2S2/c1-15-11-17(3)24-21(7,8)14-22(9,27)23(15)16(2)12-19(26)25(10)18(4)13-20(23,5)6/h15-19,24,26-27H,11-14H2,1-10H3. The Kier molecular flexibility index (Phi) is 6.82. The lowest BCUT2D eigenvalue weighted by molar-refractivity contribution is -0.121. The molecule has 0 aromatic rings. The van der Waals surface area contributed by atoms with Crippen LogP contribution in [0.3, 0.4) is 0 Å². The van der Waals surface area contributed by atoms with Crippen LogP contribution in [0.1, 0.15) is 88.0 Å². The van der Waals surface area contributed by atoms with Crippen molar-refractivity contribution in [1.29, 1.82) is 0 Å². The molecule has 0 radical (unpaired) electrons. The minimum Gasteiger partial charge on any atom is -0.309 e. The highest BCUT2D eigenvalue weighted by atomic mass is 32.1. The number of hydrogen-bond acceptors (Lipinski definition) is 4. The molecule has 2 nitrogen and oxygen atoms in total. The molecule has 7 unspecified atom stereocenters. The third-order valence-corrected chi connectivity index (χ3v) is 9.33. The smallest absolute Gasteiger partial charge is 0.0530 e. The number of likely N-dealkylation sites (tertiary alicyclic amines) is 1. The fourth-order valence-electron chi connectivity index (χ4n) is 8.12. The minimum atomic E-state index is -0.0604. The summed E-state index contributed by atoms with van der Waals surface area (Å²) in [4.78, 5) is 2.48. The van der Waals surface area contributed by atoms with E-state index in [1.165, 1.54) is 12.8 Å². The summed E-state index contributed by atoms with van der Waals surface area (Å²) in [6.07, 6.45) is 4.59. The van der Waals surface area contributed by atoms with E-state index in [0.29, 0.717) is 29.3 Å². The molecule has 0 amide bonds. The Bertz CT molecular complexity index is 530. The summed E-state index contributed by atoms with van der Waals surface area (Å²) in [6.45, 7) is 22.0. The molecule has 0 saturated carbocycles. The maximum atomic E-state index is 5.52. The van der Waals surface area contributed by atoms with Crippen molar-refractivity contribution in [2.75, 3.05) is 7.05 Å². The molecule has 2 saturated heterocycles. The van der Waals surface area contributed by atoms with Crippen LogP contribution in [-0.2, 0) is 0 Å². The van der Waals surface area contributed by atoms with Gasteiger partial charge in [0.1, 0.15) is 0 Å². The fourth-order valence-corrected chi connectivity index (χ4v) is 9.81. The van der Waals surface area contributed by atoms with Gasteiger partial charge in [0.15, 0.2) is 0 Å². The van der Waals surface area contributed by atoms with Crippen LogP contribution in [0.15, 0.2) is 0 Å². The first kappa shape index (κ1) is 23.9. The molecular formula is C23H46N2S2. The van der Waals surface area contributed by atoms with Crippen LogP contribution in [0.2, 0.25) is 0 Å². The monoisotopic (exact) mass is 414 g/mol. The van der Waals surface area contributed by atoms with Crippen molar-refractivity contribution in [3.05, 3.63) is 0 Å². The molecule has 2 fully saturated rings. The van der Waals surface area contributed by atoms with Crippen LogP contribution < -0.4 is 5.32 Å². The second-order valence-corrected chi connectivity index (χ2v) is 13.2. The van der Waals surface area contributed by atoms with Crippen molar-refractivity contribution in [2.45, 2.75) is 116 Å². The van der Waals surface area contributed by atoms with Gasteiger partial charge in [-0.05, 0) is 83.1 Å². The zero-order valence-corrected chi connectivity index (χ0v) is 21.3. The predicted molar refractivity (Wildman–Crippen MR) is 127 cm³/mol. The average molecular weight is 415 g/mol. The van der Waals surface area contributed by atoms with Gasteiger partial charge in [-0.1, -0.05) is 34.6 Å². The van der Waals surface area contributed by atoms with Crippen molar-refractivity contribution in [3.63, 3.8) is 0 Å². The summed E-state index contributed by atoms with van der Waals surface area (Å²) in [5.74, 6) is 1.16. The lowest BCUT2D eigenvalue weighted by Gasteiger charge is -2.66. The Balaban J connectivity index is 2.69. The first-order valence-electron chi connectivity index (χ1n) is 11.0. The summed E-state index contributed by atoms with van der Waals surface area (Å²) in [6, 6.07) is 1.05. The van der Waals surface area contributed by atoms with Crippen molar-refractivity contribution < 1.29 is 0 Å². The molecule has 1 spiro atoms. The van der Waals surface area contributed by atoms with Gasteiger partial charge in [0.25, 0.3) is 0 Å². The van der Waals surface area contributed by atoms with Crippen molar-refractivity contribution in [1.82, 2.24) is 10.2 Å². The molecule has 2 aliphatic rings. The molecule has 0 aliphatic carbocycles. The van der Waals surface area contributed by atoms with Crippen molar-refractivity contribution in [3.8, 4) is 0 Å². The van der Waals surface area contributed by atoms with Crippen LogP contribution in [0.5, 0.6) is 0 Å². The molecule has 0 aromatic heterocycles. The normalized spacial score (nSPS) is 49.1. The maximum absolute atomic E-state index is 5.52. The Morgan fingerprint density at radius 2 is 1.44 bits per heavy atom. The van der Waals surface area contributed by atoms with Gasteiger partial charge in [-0.2, -0.15) is 25.3 Å². The molecule has 7 atom stereocenters. The summed E-state index contributed by atoms with van der Waals surface area (Å²) < 4.78 is -0.0604. The summed E-state index contributed by atoms with van der Waals surface area (Å²) in [7, 11) is 2.25. The zero-order chi connectivity index (χ0) is 21.0. The van der Waals surface area contributed by atoms with Gasteiger partial charge in [-0.15, -0.1) is 0 Å². The van der Waals surface area contributed by atoms with E-state index in [1.807, 2.05) is 0 Å². The fraction of sp³-hybridized carbons (Fsp3) is 1.00. The van der Waals surface area contributed by atoms with E-state index in [4.69, 9.17) is 25.3 Å². The van der Waals surface area contributed by atoms with Crippen LogP contribution in [0.25, 0.3) is 0 Å². The topological polar surface area (TPSA) is 15.3 Å². The molecular weight excluding hydrogens is 368 g/mol. The van der Waals surface area contributed by atoms with Gasteiger partial charge in [0.2, 0.25) is 0 Å². The predicted octanol–water partition coefficient (Wildman–Crippen LogP) is 5.88. The first-order valence-corrected chi connectivity index (χ1v) is 11.9. The quantitative estimate of drug-likeness (QED) is 0.429. The number of nitrogens with one attached hydrogen (secondary N) is 1. The molecule has 1 N–H and O–H groups in total. The molecule has 2 aliphatic heterocycles. The van der Waals surface area contributed by atoms with Gasteiger partial charge in [-0.25, -0.2) is 0 Å². The average Bonchev–Trinajstić information content (AvgIpc) is 2.41. The molecule has 2 heterocycles. The van der Waals surface area contributed by atoms with Crippen LogP contribution in [0.4, 0.5) is 0 Å². The van der Waals surface area contributed by atoms with Crippen LogP contribution in [-0.4, -0.2) is 39.7 Å². The third kappa shape index (κ3) is 4.11. The highest BCUT2D eigenvalue weighted by molar-refractivity contribution is 7.81. The number of thiol groups is 2. The Morgan fingerprint density at radius 1 is 0.926 bits per heavy atom. The molecule has 4 heteroatoms. The second kappa shape index (κ2) is 7.71. The molecule has 0 aromatic carbocycles. The van der Waals surface area contributed by atoms with E-state index in [9.17, 15) is 0 Å². The summed E-state index contributed by atoms with van der Waals surface area (Å²) >= 11 is 10.6. The highest BCUT2D eigenvalue weighted by Crippen LogP contribution is 2.66. The van der Waals surface area contributed by atoms with Crippen LogP contribution in [0, 0.1) is 22.7 Å². The lowest BCUT2D eigenvalue weighted by Crippen LogP contribution is -2.67. The largest absolute Gasteiger partial charge is 0.309 e. The highest BCUT2D eigenvalue weighted by Gasteiger charge is 2.63. The minimum absolute atomic E-state index is 0.0604. The lowest BCUT2D eigenvalue weighted by atomic mass is 9.44. The van der Waals surface area contributed by atoms with Crippen molar-refractivity contribution in [2.24, 2.45) is 22.7 Å². The van der Waals surface area contributed by atoms with E-state index in [-0.39, 0.29) is 21.1 Å². The van der Waals surface area contributed by atoms with Crippen molar-refractivity contribution >= 4 is 25.3 Å². The Labute approximate surface area is 180 Å².